The summed E-state index contributed by atoms with van der Waals surface area (Å²) >= 11 is 6.18. The Morgan fingerprint density at radius 1 is 1.17 bits per heavy atom. The second-order valence-electron chi connectivity index (χ2n) is 5.21. The molecular formula is C18H21ClLiO2P. The van der Waals surface area contributed by atoms with Gasteiger partial charge in [-0.15, -0.1) is 0 Å². The molecule has 0 heterocycles. The number of hydrogen-bond donors (Lipinski definition) is 0. The van der Waals surface area contributed by atoms with Crippen LogP contribution in [0.25, 0.3) is 0 Å². The Morgan fingerprint density at radius 2 is 1.91 bits per heavy atom. The van der Waals surface area contributed by atoms with Gasteiger partial charge in [0, 0.05) is 5.56 Å². The number of aryl methyl sites for hydroxylation is 2. The van der Waals surface area contributed by atoms with Gasteiger partial charge in [-0.3, -0.25) is 4.79 Å². The van der Waals surface area contributed by atoms with Crippen LogP contribution in [0.1, 0.15) is 34.8 Å². The molecule has 2 aromatic carbocycles. The van der Waals surface area contributed by atoms with Crippen LogP contribution >= 0.6 is 20.2 Å². The Kier molecular flexibility index (Phi) is 8.38. The Labute approximate surface area is 156 Å². The SMILES string of the molecule is CCCOc1ccc(PC(=O)c2c(C)cccc2Cl)c(C)c1.[LiH]. The fourth-order valence-corrected chi connectivity index (χ4v) is 3.71. The quantitative estimate of drug-likeness (QED) is 0.579. The summed E-state index contributed by atoms with van der Waals surface area (Å²) in [5.41, 5.74) is 2.71. The van der Waals surface area contributed by atoms with Crippen molar-refractivity contribution in [2.75, 3.05) is 6.61 Å². The van der Waals surface area contributed by atoms with Crippen LogP contribution in [0.5, 0.6) is 5.75 Å². The summed E-state index contributed by atoms with van der Waals surface area (Å²) in [6, 6.07) is 11.4. The molecule has 0 aliphatic carbocycles. The van der Waals surface area contributed by atoms with E-state index in [9.17, 15) is 4.79 Å². The first kappa shape index (κ1) is 20.3. The van der Waals surface area contributed by atoms with Crippen molar-refractivity contribution < 1.29 is 9.53 Å². The van der Waals surface area contributed by atoms with Crippen LogP contribution < -0.4 is 10.0 Å². The molecule has 0 fully saturated rings. The number of carbonyl (C=O) groups is 1. The van der Waals surface area contributed by atoms with E-state index in [-0.39, 0.29) is 33.0 Å². The van der Waals surface area contributed by atoms with Crippen LogP contribution in [0.2, 0.25) is 5.02 Å². The minimum absolute atomic E-state index is 0. The zero-order valence-electron chi connectivity index (χ0n) is 13.1. The zero-order chi connectivity index (χ0) is 16.1. The molecule has 0 aliphatic rings. The minimum atomic E-state index is 0. The van der Waals surface area contributed by atoms with Gasteiger partial charge in [0.2, 0.25) is 0 Å². The zero-order valence-corrected chi connectivity index (χ0v) is 14.8. The van der Waals surface area contributed by atoms with E-state index in [1.807, 2.05) is 44.2 Å². The van der Waals surface area contributed by atoms with Gasteiger partial charge in [0.25, 0.3) is 0 Å². The van der Waals surface area contributed by atoms with Crippen molar-refractivity contribution in [3.8, 4) is 5.75 Å². The number of ether oxygens (including phenoxy) is 1. The summed E-state index contributed by atoms with van der Waals surface area (Å²) in [7, 11) is 0.0671. The molecule has 0 saturated heterocycles. The third-order valence-corrected chi connectivity index (χ3v) is 4.99. The molecule has 2 nitrogen and oxygen atoms in total. The first-order chi connectivity index (χ1) is 10.5. The molecule has 0 aromatic heterocycles. The summed E-state index contributed by atoms with van der Waals surface area (Å²) in [5, 5.41) is 1.56. The van der Waals surface area contributed by atoms with Gasteiger partial charge in [0.15, 0.2) is 5.52 Å². The summed E-state index contributed by atoms with van der Waals surface area (Å²) in [4.78, 5) is 12.6. The van der Waals surface area contributed by atoms with Gasteiger partial charge in [0.05, 0.1) is 11.6 Å². The van der Waals surface area contributed by atoms with Crippen LogP contribution in [0.4, 0.5) is 0 Å². The van der Waals surface area contributed by atoms with Gasteiger partial charge in [-0.1, -0.05) is 36.7 Å². The van der Waals surface area contributed by atoms with E-state index >= 15 is 0 Å². The van der Waals surface area contributed by atoms with Crippen molar-refractivity contribution in [3.63, 3.8) is 0 Å². The van der Waals surface area contributed by atoms with E-state index < -0.39 is 0 Å². The number of rotatable bonds is 6. The summed E-state index contributed by atoms with van der Waals surface area (Å²) in [6.07, 6.45) is 0.979. The fraction of sp³-hybridized carbons (Fsp3) is 0.278. The molecule has 23 heavy (non-hydrogen) atoms. The number of benzene rings is 2. The Hall–Kier alpha value is -0.773. The van der Waals surface area contributed by atoms with E-state index in [1.54, 1.807) is 6.07 Å². The molecular weight excluding hydrogens is 322 g/mol. The van der Waals surface area contributed by atoms with E-state index in [1.165, 1.54) is 0 Å². The molecule has 0 radical (unpaired) electrons. The average molecular weight is 343 g/mol. The normalized spacial score (nSPS) is 10.6. The van der Waals surface area contributed by atoms with Crippen LogP contribution in [0.15, 0.2) is 36.4 Å². The molecule has 1 unspecified atom stereocenters. The fourth-order valence-electron chi connectivity index (χ4n) is 2.19. The van der Waals surface area contributed by atoms with Crippen LogP contribution in [0.3, 0.4) is 0 Å². The molecule has 0 bridgehead atoms. The van der Waals surface area contributed by atoms with Crippen LogP contribution in [-0.2, 0) is 0 Å². The average Bonchev–Trinajstić information content (AvgIpc) is 2.47. The molecule has 0 N–H and O–H groups in total. The second-order valence-corrected chi connectivity index (χ2v) is 6.86. The Bertz CT molecular complexity index is 668. The molecule has 0 amide bonds. The summed E-state index contributed by atoms with van der Waals surface area (Å²) in [6.45, 7) is 6.71. The molecule has 2 rings (SSSR count). The molecule has 5 heteroatoms. The molecule has 1 atom stereocenters. The van der Waals surface area contributed by atoms with E-state index in [2.05, 4.69) is 6.92 Å². The van der Waals surface area contributed by atoms with Crippen LogP contribution in [0, 0.1) is 13.8 Å². The van der Waals surface area contributed by atoms with Gasteiger partial charge < -0.3 is 4.74 Å². The summed E-state index contributed by atoms with van der Waals surface area (Å²) < 4.78 is 5.62. The Morgan fingerprint density at radius 3 is 2.52 bits per heavy atom. The van der Waals surface area contributed by atoms with Gasteiger partial charge >= 0.3 is 18.9 Å². The van der Waals surface area contributed by atoms with Crippen LogP contribution in [-0.4, -0.2) is 31.0 Å². The monoisotopic (exact) mass is 342 g/mol. The van der Waals surface area contributed by atoms with E-state index in [4.69, 9.17) is 16.3 Å². The van der Waals surface area contributed by atoms with Crippen molar-refractivity contribution in [1.29, 1.82) is 0 Å². The van der Waals surface area contributed by atoms with Gasteiger partial charge in [0.1, 0.15) is 5.75 Å². The summed E-state index contributed by atoms with van der Waals surface area (Å²) in [5.74, 6) is 0.856. The van der Waals surface area contributed by atoms with Crippen molar-refractivity contribution in [2.24, 2.45) is 0 Å². The van der Waals surface area contributed by atoms with E-state index in [0.29, 0.717) is 17.2 Å². The predicted molar refractivity (Wildman–Crippen MR) is 103 cm³/mol. The topological polar surface area (TPSA) is 26.3 Å². The van der Waals surface area contributed by atoms with Crippen molar-refractivity contribution in [2.45, 2.75) is 27.2 Å². The third kappa shape index (κ3) is 5.37. The molecule has 2 aromatic rings. The number of halogens is 1. The van der Waals surface area contributed by atoms with Crippen molar-refractivity contribution in [3.05, 3.63) is 58.1 Å². The first-order valence-corrected chi connectivity index (χ1v) is 8.70. The number of hydrogen-bond acceptors (Lipinski definition) is 2. The molecule has 0 saturated carbocycles. The molecule has 0 aliphatic heterocycles. The maximum absolute atomic E-state index is 12.6. The van der Waals surface area contributed by atoms with Gasteiger partial charge in [-0.05, 0) is 63.5 Å². The first-order valence-electron chi connectivity index (χ1n) is 7.33. The van der Waals surface area contributed by atoms with Gasteiger partial charge in [-0.2, -0.15) is 0 Å². The second kappa shape index (κ2) is 9.51. The van der Waals surface area contributed by atoms with Crippen molar-refractivity contribution in [1.82, 2.24) is 0 Å². The maximum atomic E-state index is 12.6. The molecule has 118 valence electrons. The van der Waals surface area contributed by atoms with Gasteiger partial charge in [-0.25, -0.2) is 0 Å². The van der Waals surface area contributed by atoms with Crippen molar-refractivity contribution >= 4 is 49.9 Å². The molecule has 0 spiro atoms. The Balaban J connectivity index is 0.00000264. The predicted octanol–water partition coefficient (Wildman–Crippen LogP) is 4.24. The third-order valence-electron chi connectivity index (χ3n) is 3.37. The number of carbonyl (C=O) groups excluding carboxylic acids is 1. The van der Waals surface area contributed by atoms with E-state index in [0.717, 1.165) is 28.6 Å². The standard InChI is InChI=1S/C18H20ClO2P.Li.H/c1-4-10-21-14-8-9-16(13(3)11-14)22-18(20)17-12(2)6-5-7-15(17)19;;/h5-9,11,22H,4,10H2,1-3H3;;.